The summed E-state index contributed by atoms with van der Waals surface area (Å²) in [5.74, 6) is -1.50. The lowest BCUT2D eigenvalue weighted by molar-refractivity contribution is -0.139. The van der Waals surface area contributed by atoms with E-state index in [2.05, 4.69) is 15.8 Å². The van der Waals surface area contributed by atoms with Gasteiger partial charge in [0.25, 0.3) is 0 Å². The Morgan fingerprint density at radius 1 is 1.12 bits per heavy atom. The van der Waals surface area contributed by atoms with Crippen molar-refractivity contribution in [2.75, 3.05) is 13.2 Å². The monoisotopic (exact) mass is 341 g/mol. The van der Waals surface area contributed by atoms with E-state index in [0.717, 1.165) is 16.3 Å². The van der Waals surface area contributed by atoms with Gasteiger partial charge in [0.15, 0.2) is 0 Å². The van der Waals surface area contributed by atoms with E-state index in [1.54, 1.807) is 0 Å². The Morgan fingerprint density at radius 3 is 2.68 bits per heavy atom. The highest BCUT2D eigenvalue weighted by molar-refractivity contribution is 6.35. The first-order valence-corrected chi connectivity index (χ1v) is 8.28. The number of amides is 2. The molecule has 2 aromatic rings. The fraction of sp³-hybridized carbons (Fsp3) is 0.316. The maximum Gasteiger partial charge on any atom is 0.329 e. The van der Waals surface area contributed by atoms with Crippen LogP contribution < -0.4 is 10.7 Å². The molecule has 0 saturated carbocycles. The van der Waals surface area contributed by atoms with Gasteiger partial charge in [-0.3, -0.25) is 9.59 Å². The first kappa shape index (κ1) is 18.6. The minimum absolute atomic E-state index is 0.155. The van der Waals surface area contributed by atoms with Crippen LogP contribution in [0, 0.1) is 0 Å². The van der Waals surface area contributed by atoms with Gasteiger partial charge in [0.2, 0.25) is 0 Å². The van der Waals surface area contributed by atoms with E-state index in [1.807, 2.05) is 56.3 Å². The highest BCUT2D eigenvalue weighted by atomic mass is 16.5. The average molecular weight is 341 g/mol. The van der Waals surface area contributed by atoms with Crippen LogP contribution in [-0.2, 0) is 14.3 Å². The van der Waals surface area contributed by atoms with Crippen molar-refractivity contribution in [2.24, 2.45) is 5.10 Å². The molecule has 0 aliphatic carbocycles. The Morgan fingerprint density at radius 2 is 1.88 bits per heavy atom. The van der Waals surface area contributed by atoms with Crippen molar-refractivity contribution in [1.29, 1.82) is 0 Å². The van der Waals surface area contributed by atoms with Crippen molar-refractivity contribution in [1.82, 2.24) is 10.7 Å². The molecular weight excluding hydrogens is 318 g/mol. The highest BCUT2D eigenvalue weighted by Crippen LogP contribution is 2.16. The zero-order valence-electron chi connectivity index (χ0n) is 14.5. The summed E-state index contributed by atoms with van der Waals surface area (Å²) in [6.07, 6.45) is 2.34. The molecular formula is C19H23N3O3. The number of hydrogen-bond acceptors (Lipinski definition) is 4. The standard InChI is InChI=1S/C19H23N3O3/c1-14(2)25-12-6-11-20-18(23)19(24)22-21-13-16-9-5-8-15-7-3-4-10-17(15)16/h3-5,7-10,13-14H,6,11-12H2,1-2H3,(H,20,23)(H,22,24). The summed E-state index contributed by atoms with van der Waals surface area (Å²) >= 11 is 0. The number of ether oxygens (including phenoxy) is 1. The third-order valence-corrected chi connectivity index (χ3v) is 3.46. The predicted octanol–water partition coefficient (Wildman–Crippen LogP) is 2.22. The number of nitrogens with one attached hydrogen (secondary N) is 2. The van der Waals surface area contributed by atoms with E-state index in [4.69, 9.17) is 4.74 Å². The number of carbonyl (C=O) groups is 2. The number of hydrogen-bond donors (Lipinski definition) is 2. The molecule has 0 radical (unpaired) electrons. The topological polar surface area (TPSA) is 79.8 Å². The molecule has 2 rings (SSSR count). The Kier molecular flexibility index (Phi) is 7.10. The summed E-state index contributed by atoms with van der Waals surface area (Å²) in [7, 11) is 0. The van der Waals surface area contributed by atoms with Crippen LogP contribution in [0.15, 0.2) is 47.6 Å². The van der Waals surface area contributed by atoms with Gasteiger partial charge in [0, 0.05) is 18.7 Å². The molecule has 0 fully saturated rings. The Balaban J connectivity index is 1.80. The summed E-state index contributed by atoms with van der Waals surface area (Å²) in [5, 5.41) is 8.51. The van der Waals surface area contributed by atoms with Gasteiger partial charge in [-0.05, 0) is 31.0 Å². The molecule has 0 aliphatic rings. The van der Waals surface area contributed by atoms with Crippen molar-refractivity contribution in [2.45, 2.75) is 26.4 Å². The molecule has 0 aliphatic heterocycles. The molecule has 0 heterocycles. The van der Waals surface area contributed by atoms with E-state index < -0.39 is 11.8 Å². The fourth-order valence-corrected chi connectivity index (χ4v) is 2.25. The smallest absolute Gasteiger partial charge is 0.329 e. The predicted molar refractivity (Wildman–Crippen MR) is 98.4 cm³/mol. The third-order valence-electron chi connectivity index (χ3n) is 3.46. The lowest BCUT2D eigenvalue weighted by Gasteiger charge is -2.07. The van der Waals surface area contributed by atoms with Crippen molar-refractivity contribution < 1.29 is 14.3 Å². The zero-order chi connectivity index (χ0) is 18.1. The number of fused-ring (bicyclic) bond motifs is 1. The van der Waals surface area contributed by atoms with Crippen molar-refractivity contribution in [3.05, 3.63) is 48.0 Å². The lowest BCUT2D eigenvalue weighted by Crippen LogP contribution is -2.38. The Hall–Kier alpha value is -2.73. The van der Waals surface area contributed by atoms with Gasteiger partial charge >= 0.3 is 11.8 Å². The van der Waals surface area contributed by atoms with Crippen LogP contribution in [0.4, 0.5) is 0 Å². The SMILES string of the molecule is CC(C)OCCCNC(=O)C(=O)NN=Cc1cccc2ccccc12. The molecule has 0 bridgehead atoms. The van der Waals surface area contributed by atoms with Crippen LogP contribution in [0.5, 0.6) is 0 Å². The average Bonchev–Trinajstić information content (AvgIpc) is 2.61. The minimum atomic E-state index is -0.790. The number of hydrazone groups is 1. The first-order valence-electron chi connectivity index (χ1n) is 8.28. The van der Waals surface area contributed by atoms with Gasteiger partial charge in [-0.25, -0.2) is 5.43 Å². The zero-order valence-corrected chi connectivity index (χ0v) is 14.5. The molecule has 2 amide bonds. The molecule has 6 heteroatoms. The number of carbonyl (C=O) groups excluding carboxylic acids is 2. The van der Waals surface area contributed by atoms with Gasteiger partial charge in [-0.2, -0.15) is 5.10 Å². The normalized spacial score (nSPS) is 11.2. The minimum Gasteiger partial charge on any atom is -0.379 e. The molecule has 0 spiro atoms. The molecule has 2 N–H and O–H groups in total. The molecule has 0 aromatic heterocycles. The maximum absolute atomic E-state index is 11.7. The van der Waals surface area contributed by atoms with Crippen molar-refractivity contribution in [3.8, 4) is 0 Å². The van der Waals surface area contributed by atoms with Crippen molar-refractivity contribution >= 4 is 28.8 Å². The van der Waals surface area contributed by atoms with E-state index in [1.165, 1.54) is 6.21 Å². The van der Waals surface area contributed by atoms with E-state index in [0.29, 0.717) is 19.6 Å². The van der Waals surface area contributed by atoms with E-state index >= 15 is 0 Å². The summed E-state index contributed by atoms with van der Waals surface area (Å²) < 4.78 is 5.36. The van der Waals surface area contributed by atoms with Crippen LogP contribution in [-0.4, -0.2) is 37.3 Å². The molecule has 25 heavy (non-hydrogen) atoms. The van der Waals surface area contributed by atoms with Crippen LogP contribution in [0.1, 0.15) is 25.8 Å². The number of rotatable bonds is 7. The Bertz CT molecular complexity index is 751. The summed E-state index contributed by atoms with van der Waals surface area (Å²) in [6.45, 7) is 4.81. The highest BCUT2D eigenvalue weighted by Gasteiger charge is 2.11. The fourth-order valence-electron chi connectivity index (χ4n) is 2.25. The van der Waals surface area contributed by atoms with Crippen LogP contribution >= 0.6 is 0 Å². The summed E-state index contributed by atoms with van der Waals surface area (Å²) in [4.78, 5) is 23.4. The lowest BCUT2D eigenvalue weighted by atomic mass is 10.1. The number of nitrogens with zero attached hydrogens (tertiary/aromatic N) is 1. The van der Waals surface area contributed by atoms with Gasteiger partial charge < -0.3 is 10.1 Å². The summed E-state index contributed by atoms with van der Waals surface area (Å²) in [6, 6.07) is 13.7. The molecule has 2 aromatic carbocycles. The molecule has 6 nitrogen and oxygen atoms in total. The molecule has 0 saturated heterocycles. The van der Waals surface area contributed by atoms with Gasteiger partial charge in [0.05, 0.1) is 12.3 Å². The second kappa shape index (κ2) is 9.54. The number of benzene rings is 2. The second-order valence-corrected chi connectivity index (χ2v) is 5.80. The third kappa shape index (κ3) is 6.00. The molecule has 132 valence electrons. The van der Waals surface area contributed by atoms with Gasteiger partial charge in [0.1, 0.15) is 0 Å². The van der Waals surface area contributed by atoms with E-state index in [9.17, 15) is 9.59 Å². The van der Waals surface area contributed by atoms with Crippen molar-refractivity contribution in [3.63, 3.8) is 0 Å². The van der Waals surface area contributed by atoms with Crippen LogP contribution in [0.2, 0.25) is 0 Å². The summed E-state index contributed by atoms with van der Waals surface area (Å²) in [5.41, 5.74) is 3.11. The maximum atomic E-state index is 11.7. The second-order valence-electron chi connectivity index (χ2n) is 5.80. The van der Waals surface area contributed by atoms with Crippen LogP contribution in [0.25, 0.3) is 10.8 Å². The largest absolute Gasteiger partial charge is 0.379 e. The molecule has 0 atom stereocenters. The quantitative estimate of drug-likeness (QED) is 0.351. The van der Waals surface area contributed by atoms with Crippen LogP contribution in [0.3, 0.4) is 0 Å². The van der Waals surface area contributed by atoms with Gasteiger partial charge in [-0.1, -0.05) is 42.5 Å². The molecule has 0 unspecified atom stereocenters. The Labute approximate surface area is 147 Å². The van der Waals surface area contributed by atoms with Gasteiger partial charge in [-0.15, -0.1) is 0 Å². The first-order chi connectivity index (χ1) is 12.1. The van der Waals surface area contributed by atoms with E-state index in [-0.39, 0.29) is 6.10 Å².